The maximum atomic E-state index is 13.1. The van der Waals surface area contributed by atoms with Gasteiger partial charge < -0.3 is 9.47 Å². The Bertz CT molecular complexity index is 1920. The number of rotatable bonds is 2. The quantitative estimate of drug-likeness (QED) is 0.250. The molecule has 0 N–H and O–H groups in total. The van der Waals surface area contributed by atoms with Crippen LogP contribution in [0.4, 0.5) is 43.4 Å². The smallest absolute Gasteiger partial charge is 0.365 e. The molecule has 6 aliphatic heterocycles. The predicted molar refractivity (Wildman–Crippen MR) is 157 cm³/mol. The molecule has 6 heterocycles. The van der Waals surface area contributed by atoms with Crippen LogP contribution in [0.1, 0.15) is 16.7 Å². The first-order valence-electron chi connectivity index (χ1n) is 14.4. The number of nitrogens with zero attached hydrogens (tertiary/aromatic N) is 4. The van der Waals surface area contributed by atoms with Crippen molar-refractivity contribution in [2.45, 2.75) is 47.3 Å². The SMILES string of the molecule is N#Cc1ccc(N2C[C@H]3[C@H]([C@@H]4C=C[C@H]3O4)S2(=O)=O)cc1C(F)(F)F.[C-]#[N+]c1ccc(N2C[C@@H]3[C@@H]([C@H]4C=C[C@@H]3O4)S2(=O)=O)cc1C(F)(F)F. The molecule has 0 saturated carbocycles. The lowest BCUT2D eigenvalue weighted by Gasteiger charge is -2.22. The largest absolute Gasteiger partial charge is 0.417 e. The summed E-state index contributed by atoms with van der Waals surface area (Å²) in [4.78, 5) is 2.86. The topological polar surface area (TPSA) is 121 Å². The zero-order chi connectivity index (χ0) is 34.6. The molecule has 6 aliphatic rings. The Labute approximate surface area is 270 Å². The highest BCUT2D eigenvalue weighted by Crippen LogP contribution is 2.48. The van der Waals surface area contributed by atoms with Crippen LogP contribution >= 0.6 is 0 Å². The summed E-state index contributed by atoms with van der Waals surface area (Å²) < 4.78 is 143. The first kappa shape index (κ1) is 32.4. The van der Waals surface area contributed by atoms with Crippen molar-refractivity contribution in [1.29, 1.82) is 5.26 Å². The molecule has 10 nitrogen and oxygen atoms in total. The van der Waals surface area contributed by atoms with Crippen molar-refractivity contribution >= 4 is 37.1 Å². The number of ether oxygens (including phenoxy) is 2. The number of fused-ring (bicyclic) bond motifs is 10. The number of alkyl halides is 6. The van der Waals surface area contributed by atoms with Gasteiger partial charge in [0.1, 0.15) is 10.5 Å². The predicted octanol–water partition coefficient (Wildman–Crippen LogP) is 4.78. The summed E-state index contributed by atoms with van der Waals surface area (Å²) in [6.07, 6.45) is -4.20. The molecule has 0 amide bonds. The molecule has 2 aromatic carbocycles. The van der Waals surface area contributed by atoms with Crippen LogP contribution in [0.5, 0.6) is 0 Å². The van der Waals surface area contributed by atoms with E-state index in [1.54, 1.807) is 24.3 Å². The Hall–Kier alpha value is -4.10. The van der Waals surface area contributed by atoms with Gasteiger partial charge in [-0.2, -0.15) is 31.6 Å². The van der Waals surface area contributed by atoms with Crippen LogP contribution in [0.2, 0.25) is 0 Å². The van der Waals surface area contributed by atoms with Crippen LogP contribution in [0, 0.1) is 29.7 Å². The zero-order valence-electron chi connectivity index (χ0n) is 24.1. The molecule has 4 bridgehead atoms. The molecule has 4 fully saturated rings. The minimum absolute atomic E-state index is 0.0662. The van der Waals surface area contributed by atoms with Crippen LogP contribution in [-0.4, -0.2) is 64.8 Å². The highest BCUT2D eigenvalue weighted by atomic mass is 32.2. The molecule has 0 aromatic heterocycles. The molecule has 0 aliphatic carbocycles. The summed E-state index contributed by atoms with van der Waals surface area (Å²) in [6, 6.07) is 7.46. The van der Waals surface area contributed by atoms with E-state index >= 15 is 0 Å². The molecule has 0 radical (unpaired) electrons. The number of hydrogen-bond acceptors (Lipinski definition) is 7. The molecular weight excluding hydrogens is 690 g/mol. The molecule has 252 valence electrons. The maximum absolute atomic E-state index is 13.1. The minimum atomic E-state index is -4.73. The van der Waals surface area contributed by atoms with Gasteiger partial charge in [0.2, 0.25) is 20.0 Å². The van der Waals surface area contributed by atoms with Crippen molar-refractivity contribution < 1.29 is 52.7 Å². The monoisotopic (exact) mass is 712 g/mol. The highest BCUT2D eigenvalue weighted by molar-refractivity contribution is 7.94. The van der Waals surface area contributed by atoms with Gasteiger partial charge in [0.25, 0.3) is 0 Å². The fourth-order valence-electron chi connectivity index (χ4n) is 7.31. The highest BCUT2D eigenvalue weighted by Gasteiger charge is 2.61. The van der Waals surface area contributed by atoms with E-state index in [0.717, 1.165) is 32.9 Å². The summed E-state index contributed by atoms with van der Waals surface area (Å²) in [7, 11) is -7.64. The van der Waals surface area contributed by atoms with Crippen molar-refractivity contribution in [2.75, 3.05) is 21.7 Å². The lowest BCUT2D eigenvalue weighted by Crippen LogP contribution is -2.35. The van der Waals surface area contributed by atoms with Gasteiger partial charge in [0.05, 0.1) is 59.4 Å². The van der Waals surface area contributed by atoms with Gasteiger partial charge in [-0.25, -0.2) is 21.7 Å². The summed E-state index contributed by atoms with van der Waals surface area (Å²) in [5, 5.41) is 7.32. The Morgan fingerprint density at radius 2 is 1.17 bits per heavy atom. The number of nitriles is 1. The third-order valence-electron chi connectivity index (χ3n) is 9.41. The average Bonchev–Trinajstić information content (AvgIpc) is 3.87. The summed E-state index contributed by atoms with van der Waals surface area (Å²) >= 11 is 0. The summed E-state index contributed by atoms with van der Waals surface area (Å²) in [5.74, 6) is -0.588. The van der Waals surface area contributed by atoms with Crippen molar-refractivity contribution in [2.24, 2.45) is 11.8 Å². The van der Waals surface area contributed by atoms with Crippen molar-refractivity contribution in [3.05, 3.63) is 88.8 Å². The number of sulfonamides is 2. The number of benzene rings is 2. The second-order valence-corrected chi connectivity index (χ2v) is 16.0. The Balaban J connectivity index is 0.000000152. The van der Waals surface area contributed by atoms with E-state index in [9.17, 15) is 43.2 Å². The Morgan fingerprint density at radius 3 is 1.58 bits per heavy atom. The van der Waals surface area contributed by atoms with Crippen LogP contribution < -0.4 is 8.61 Å². The van der Waals surface area contributed by atoms with E-state index in [-0.39, 0.29) is 48.5 Å². The molecule has 4 saturated heterocycles. The number of halogens is 6. The van der Waals surface area contributed by atoms with Crippen molar-refractivity contribution in [3.63, 3.8) is 0 Å². The lowest BCUT2D eigenvalue weighted by molar-refractivity contribution is -0.138. The van der Waals surface area contributed by atoms with E-state index in [2.05, 4.69) is 4.85 Å². The van der Waals surface area contributed by atoms with Crippen molar-refractivity contribution in [1.82, 2.24) is 0 Å². The molecule has 18 heteroatoms. The number of hydrogen-bond donors (Lipinski definition) is 0. The Morgan fingerprint density at radius 1 is 0.729 bits per heavy atom. The average molecular weight is 713 g/mol. The number of anilines is 2. The third kappa shape index (κ3) is 4.88. The second-order valence-electron chi connectivity index (χ2n) is 12.0. The summed E-state index contributed by atoms with van der Waals surface area (Å²) in [6.45, 7) is 7.00. The van der Waals surface area contributed by atoms with Crippen LogP contribution in [0.25, 0.3) is 4.85 Å². The van der Waals surface area contributed by atoms with Gasteiger partial charge in [0, 0.05) is 30.6 Å². The van der Waals surface area contributed by atoms with Gasteiger partial charge in [-0.15, -0.1) is 0 Å². The standard InChI is InChI=1S/2C15H11F3N2O3S/c1-19-11-3-2-8(6-10(11)15(16,17)18)20-7-9-12-4-5-13(23-12)14(9)24(20,21)22;16-15(17,18)11-5-9(2-1-8(11)6-19)20-7-10-12-3-4-13(23-12)14(10)24(20,21)22/h2-6,9,12-14H,7H2;1-5,10,12-14H,7H2/t9-,12-,13+,14-;10-,12-,13+,14-/m01/s1. The van der Waals surface area contributed by atoms with Gasteiger partial charge >= 0.3 is 12.4 Å². The van der Waals surface area contributed by atoms with E-state index in [1.165, 1.54) is 18.2 Å². The lowest BCUT2D eigenvalue weighted by atomic mass is 9.94. The van der Waals surface area contributed by atoms with E-state index in [1.807, 2.05) is 0 Å². The summed E-state index contributed by atoms with van der Waals surface area (Å²) in [5.41, 5.74) is -3.48. The Kier molecular flexibility index (Phi) is 7.23. The van der Waals surface area contributed by atoms with E-state index < -0.39 is 77.5 Å². The van der Waals surface area contributed by atoms with Gasteiger partial charge in [0.15, 0.2) is 5.69 Å². The molecule has 0 unspecified atom stereocenters. The van der Waals surface area contributed by atoms with Crippen LogP contribution in [-0.2, 0) is 41.9 Å². The molecule has 2 aromatic rings. The van der Waals surface area contributed by atoms with E-state index in [0.29, 0.717) is 0 Å². The fraction of sp³-hybridized carbons (Fsp3) is 0.400. The van der Waals surface area contributed by atoms with Crippen LogP contribution in [0.3, 0.4) is 0 Å². The molecule has 0 spiro atoms. The van der Waals surface area contributed by atoms with Crippen molar-refractivity contribution in [3.8, 4) is 6.07 Å². The molecule has 48 heavy (non-hydrogen) atoms. The normalized spacial score (nSPS) is 32.8. The molecular formula is C30H22F6N4O6S2. The zero-order valence-corrected chi connectivity index (χ0v) is 25.8. The minimum Gasteiger partial charge on any atom is -0.365 e. The van der Waals surface area contributed by atoms with Gasteiger partial charge in [-0.3, -0.25) is 8.61 Å². The molecule has 8 rings (SSSR count). The molecule has 8 atom stereocenters. The first-order valence-corrected chi connectivity index (χ1v) is 17.4. The fourth-order valence-corrected chi connectivity index (χ4v) is 11.8. The van der Waals surface area contributed by atoms with Gasteiger partial charge in [-0.1, -0.05) is 30.4 Å². The maximum Gasteiger partial charge on any atom is 0.417 e. The van der Waals surface area contributed by atoms with Crippen LogP contribution in [0.15, 0.2) is 60.7 Å². The van der Waals surface area contributed by atoms with Gasteiger partial charge in [-0.05, 0) is 30.3 Å². The van der Waals surface area contributed by atoms with E-state index in [4.69, 9.17) is 21.3 Å². The first-order chi connectivity index (χ1) is 22.5. The second kappa shape index (κ2) is 10.7. The third-order valence-corrected chi connectivity index (χ3v) is 14.0.